The second kappa shape index (κ2) is 9.45. The summed E-state index contributed by atoms with van der Waals surface area (Å²) in [4.78, 5) is 38.0. The van der Waals surface area contributed by atoms with E-state index < -0.39 is 11.7 Å². The van der Waals surface area contributed by atoms with Gasteiger partial charge in [-0.15, -0.1) is 5.10 Å². The monoisotopic (exact) mass is 482 g/mol. The van der Waals surface area contributed by atoms with Crippen LogP contribution < -0.4 is 16.0 Å². The van der Waals surface area contributed by atoms with Crippen molar-refractivity contribution in [2.45, 2.75) is 25.9 Å². The van der Waals surface area contributed by atoms with Crippen LogP contribution in [0.5, 0.6) is 0 Å². The lowest BCUT2D eigenvalue weighted by Gasteiger charge is -2.42. The molecule has 2 saturated heterocycles. The van der Waals surface area contributed by atoms with Crippen LogP contribution >= 0.6 is 0 Å². The third-order valence-corrected chi connectivity index (χ3v) is 6.49. The molecular weight excluding hydrogens is 455 g/mol. The zero-order valence-electron chi connectivity index (χ0n) is 19.4. The third-order valence-electron chi connectivity index (χ3n) is 6.49. The molecule has 11 nitrogen and oxygen atoms in total. The zero-order chi connectivity index (χ0) is 24.5. The molecule has 2 amide bonds. The molecule has 3 aromatic rings. The molecule has 0 aliphatic carbocycles. The summed E-state index contributed by atoms with van der Waals surface area (Å²) in [7, 11) is 0. The Balaban J connectivity index is 1.25. The molecule has 0 spiro atoms. The summed E-state index contributed by atoms with van der Waals surface area (Å²) in [6.07, 6.45) is 6.93. The Bertz CT molecular complexity index is 1250. The molecule has 2 aliphatic heterocycles. The predicted octanol–water partition coefficient (Wildman–Crippen LogP) is 1.56. The van der Waals surface area contributed by atoms with Gasteiger partial charge >= 0.3 is 0 Å². The van der Waals surface area contributed by atoms with E-state index in [1.54, 1.807) is 12.4 Å². The van der Waals surface area contributed by atoms with E-state index in [0.29, 0.717) is 38.5 Å². The van der Waals surface area contributed by atoms with Crippen LogP contribution in [0.4, 0.5) is 21.6 Å². The van der Waals surface area contributed by atoms with Gasteiger partial charge in [0.05, 0.1) is 36.1 Å². The van der Waals surface area contributed by atoms with E-state index in [2.05, 4.69) is 25.3 Å². The lowest BCUT2D eigenvalue weighted by molar-refractivity contribution is -0.149. The van der Waals surface area contributed by atoms with Gasteiger partial charge in [0, 0.05) is 44.9 Å². The standard InChI is InChI=1S/C23H27FN8O3/c1-2-35-16-12-31(13-16)23(34)14-4-7-30(8-5-14)18-3-6-26-10-17(18)28-22(33)19-20(25)29-32-11-15(24)9-27-21(19)32/h3,6,9-11,14,16H,2,4-5,7-8,12-13H2,1H3,(H2,25,29)(H,28,33). The Labute approximate surface area is 201 Å². The number of piperidine rings is 1. The zero-order valence-corrected chi connectivity index (χ0v) is 19.4. The van der Waals surface area contributed by atoms with Crippen molar-refractivity contribution < 1.29 is 18.7 Å². The summed E-state index contributed by atoms with van der Waals surface area (Å²) < 4.78 is 20.2. The number of hydrogen-bond acceptors (Lipinski definition) is 8. The number of nitrogens with one attached hydrogen (secondary N) is 1. The van der Waals surface area contributed by atoms with E-state index in [1.165, 1.54) is 0 Å². The van der Waals surface area contributed by atoms with Crippen molar-refractivity contribution in [1.29, 1.82) is 0 Å². The van der Waals surface area contributed by atoms with Crippen molar-refractivity contribution >= 4 is 34.7 Å². The maximum absolute atomic E-state index is 13.5. The molecule has 2 fully saturated rings. The quantitative estimate of drug-likeness (QED) is 0.541. The Morgan fingerprint density at radius 3 is 2.77 bits per heavy atom. The van der Waals surface area contributed by atoms with E-state index >= 15 is 0 Å². The topological polar surface area (TPSA) is 131 Å². The average Bonchev–Trinajstić information content (AvgIpc) is 3.16. The normalized spacial score (nSPS) is 17.0. The van der Waals surface area contributed by atoms with Gasteiger partial charge in [-0.3, -0.25) is 14.6 Å². The van der Waals surface area contributed by atoms with E-state index in [0.717, 1.165) is 35.4 Å². The number of carbonyl (C=O) groups is 2. The van der Waals surface area contributed by atoms with E-state index in [4.69, 9.17) is 10.5 Å². The number of amides is 2. The van der Waals surface area contributed by atoms with Crippen molar-refractivity contribution in [2.24, 2.45) is 5.92 Å². The van der Waals surface area contributed by atoms with E-state index in [9.17, 15) is 14.0 Å². The number of anilines is 3. The van der Waals surface area contributed by atoms with Gasteiger partial charge in [-0.2, -0.15) is 0 Å². The molecule has 2 aliphatic rings. The van der Waals surface area contributed by atoms with Crippen LogP contribution in [0.15, 0.2) is 30.9 Å². The molecule has 12 heteroatoms. The van der Waals surface area contributed by atoms with Gasteiger partial charge in [0.1, 0.15) is 5.56 Å². The number of halogens is 1. The highest BCUT2D eigenvalue weighted by Crippen LogP contribution is 2.31. The Morgan fingerprint density at radius 1 is 1.26 bits per heavy atom. The number of likely N-dealkylation sites (tertiary alicyclic amines) is 1. The number of ether oxygens (including phenoxy) is 1. The summed E-state index contributed by atoms with van der Waals surface area (Å²) in [5.74, 6) is -0.984. The number of hydrogen-bond donors (Lipinski definition) is 2. The molecule has 0 aromatic carbocycles. The first-order valence-corrected chi connectivity index (χ1v) is 11.6. The summed E-state index contributed by atoms with van der Waals surface area (Å²) in [6.45, 7) is 5.30. The molecule has 0 unspecified atom stereocenters. The highest BCUT2D eigenvalue weighted by Gasteiger charge is 2.36. The highest BCUT2D eigenvalue weighted by atomic mass is 19.1. The molecule has 3 aromatic heterocycles. The van der Waals surface area contributed by atoms with E-state index in [-0.39, 0.29) is 35.0 Å². The Hall–Kier alpha value is -3.80. The van der Waals surface area contributed by atoms with Gasteiger partial charge in [-0.25, -0.2) is 13.9 Å². The predicted molar refractivity (Wildman–Crippen MR) is 126 cm³/mol. The molecule has 0 bridgehead atoms. The number of fused-ring (bicyclic) bond motifs is 1. The highest BCUT2D eigenvalue weighted by molar-refractivity contribution is 6.12. The molecule has 0 radical (unpaired) electrons. The van der Waals surface area contributed by atoms with Gasteiger partial charge in [0.25, 0.3) is 5.91 Å². The van der Waals surface area contributed by atoms with Crippen LogP contribution in [-0.4, -0.2) is 75.2 Å². The number of nitrogens with two attached hydrogens (primary N) is 1. The van der Waals surface area contributed by atoms with Gasteiger partial charge < -0.3 is 25.6 Å². The largest absolute Gasteiger partial charge is 0.381 e. The fourth-order valence-electron chi connectivity index (χ4n) is 4.68. The summed E-state index contributed by atoms with van der Waals surface area (Å²) in [5.41, 5.74) is 7.44. The number of rotatable bonds is 6. The van der Waals surface area contributed by atoms with Gasteiger partial charge in [-0.05, 0) is 25.8 Å². The minimum Gasteiger partial charge on any atom is -0.381 e. The lowest BCUT2D eigenvalue weighted by Crippen LogP contribution is -2.57. The van der Waals surface area contributed by atoms with Crippen molar-refractivity contribution in [2.75, 3.05) is 48.7 Å². The third kappa shape index (κ3) is 4.48. The van der Waals surface area contributed by atoms with Gasteiger partial charge in [-0.1, -0.05) is 0 Å². The minimum absolute atomic E-state index is 0.0150. The number of nitrogens with zero attached hydrogens (tertiary/aromatic N) is 6. The molecule has 184 valence electrons. The number of nitrogen functional groups attached to an aromatic ring is 1. The molecule has 3 N–H and O–H groups in total. The first-order valence-electron chi connectivity index (χ1n) is 11.6. The van der Waals surface area contributed by atoms with Gasteiger partial charge in [0.15, 0.2) is 17.3 Å². The fraction of sp³-hybridized carbons (Fsp3) is 0.435. The second-order valence-electron chi connectivity index (χ2n) is 8.73. The molecule has 0 atom stereocenters. The van der Waals surface area contributed by atoms with Crippen LogP contribution in [0.2, 0.25) is 0 Å². The Kier molecular flexibility index (Phi) is 6.20. The van der Waals surface area contributed by atoms with Crippen LogP contribution in [0.3, 0.4) is 0 Å². The van der Waals surface area contributed by atoms with Crippen LogP contribution in [0.25, 0.3) is 5.65 Å². The fourth-order valence-corrected chi connectivity index (χ4v) is 4.68. The molecule has 5 heterocycles. The number of aromatic nitrogens is 4. The smallest absolute Gasteiger partial charge is 0.263 e. The summed E-state index contributed by atoms with van der Waals surface area (Å²) in [6, 6.07) is 1.83. The molecule has 0 saturated carbocycles. The Morgan fingerprint density at radius 2 is 2.03 bits per heavy atom. The van der Waals surface area contributed by atoms with Crippen molar-refractivity contribution in [3.8, 4) is 0 Å². The van der Waals surface area contributed by atoms with Crippen LogP contribution in [0.1, 0.15) is 30.1 Å². The first kappa shape index (κ1) is 23.0. The van der Waals surface area contributed by atoms with Gasteiger partial charge in [0.2, 0.25) is 5.91 Å². The summed E-state index contributed by atoms with van der Waals surface area (Å²) in [5, 5.41) is 6.82. The van der Waals surface area contributed by atoms with Crippen LogP contribution in [0, 0.1) is 11.7 Å². The van der Waals surface area contributed by atoms with E-state index in [1.807, 2.05) is 17.9 Å². The minimum atomic E-state index is -0.591. The number of carbonyl (C=O) groups excluding carboxylic acids is 2. The summed E-state index contributed by atoms with van der Waals surface area (Å²) >= 11 is 0. The first-order chi connectivity index (χ1) is 16.9. The molecule has 35 heavy (non-hydrogen) atoms. The maximum atomic E-state index is 13.5. The van der Waals surface area contributed by atoms with Crippen molar-refractivity contribution in [3.05, 3.63) is 42.2 Å². The molecule has 5 rings (SSSR count). The van der Waals surface area contributed by atoms with Crippen molar-refractivity contribution in [3.63, 3.8) is 0 Å². The van der Waals surface area contributed by atoms with Crippen LogP contribution in [-0.2, 0) is 9.53 Å². The van der Waals surface area contributed by atoms with Crippen molar-refractivity contribution in [1.82, 2.24) is 24.5 Å². The lowest BCUT2D eigenvalue weighted by atomic mass is 9.93. The molecular formula is C23H27FN8O3. The SMILES string of the molecule is CCOC1CN(C(=O)C2CCN(c3ccncc3NC(=O)c3c(N)nn4cc(F)cnc34)CC2)C1. The number of pyridine rings is 1. The average molecular weight is 483 g/mol. The maximum Gasteiger partial charge on any atom is 0.263 e. The second-order valence-corrected chi connectivity index (χ2v) is 8.73.